The smallest absolute Gasteiger partial charge is 0.303 e. The molecule has 1 aliphatic rings. The highest BCUT2D eigenvalue weighted by molar-refractivity contribution is 5.67. The molecule has 0 amide bonds. The molecule has 1 aromatic heterocycles. The Balaban J connectivity index is 2.11. The maximum Gasteiger partial charge on any atom is 0.303 e. The third-order valence-corrected chi connectivity index (χ3v) is 2.95. The van der Waals surface area contributed by atoms with E-state index in [0.29, 0.717) is 6.42 Å². The fourth-order valence-electron chi connectivity index (χ4n) is 2.24. The average molecular weight is 223 g/mol. The molecule has 0 fully saturated rings. The normalized spacial score (nSPS) is 15.1. The predicted molar refractivity (Wildman–Crippen MR) is 58.1 cm³/mol. The second-order valence-electron chi connectivity index (χ2n) is 5.20. The third kappa shape index (κ3) is 2.23. The van der Waals surface area contributed by atoms with Gasteiger partial charge < -0.3 is 9.67 Å². The number of fused-ring (bicyclic) bond motifs is 1. The van der Waals surface area contributed by atoms with Crippen molar-refractivity contribution < 1.29 is 9.90 Å². The van der Waals surface area contributed by atoms with Crippen molar-refractivity contribution >= 4 is 5.97 Å². The van der Waals surface area contributed by atoms with Crippen molar-refractivity contribution in [1.29, 1.82) is 0 Å². The van der Waals surface area contributed by atoms with Crippen molar-refractivity contribution in [1.82, 2.24) is 14.8 Å². The number of carbonyl (C=O) groups is 1. The SMILES string of the molecule is CC(C)(CC(=O)O)Cc1nnc2n1CCC2. The number of nitrogens with zero attached hydrogens (tertiary/aromatic N) is 3. The highest BCUT2D eigenvalue weighted by Gasteiger charge is 2.27. The molecule has 0 radical (unpaired) electrons. The topological polar surface area (TPSA) is 68.0 Å². The standard InChI is InChI=1S/C11H17N3O2/c1-11(2,7-10(15)16)6-9-13-12-8-4-3-5-14(8)9/h3-7H2,1-2H3,(H,15,16). The van der Waals surface area contributed by atoms with Gasteiger partial charge in [0.05, 0.1) is 6.42 Å². The minimum Gasteiger partial charge on any atom is -0.481 e. The molecule has 2 rings (SSSR count). The second-order valence-corrected chi connectivity index (χ2v) is 5.20. The Morgan fingerprint density at radius 1 is 1.50 bits per heavy atom. The van der Waals surface area contributed by atoms with E-state index in [1.165, 1.54) is 0 Å². The van der Waals surface area contributed by atoms with E-state index in [-0.39, 0.29) is 11.8 Å². The minimum absolute atomic E-state index is 0.162. The zero-order valence-electron chi connectivity index (χ0n) is 9.73. The van der Waals surface area contributed by atoms with E-state index in [1.54, 1.807) is 0 Å². The summed E-state index contributed by atoms with van der Waals surface area (Å²) in [6, 6.07) is 0. The lowest BCUT2D eigenvalue weighted by Crippen LogP contribution is -2.21. The largest absolute Gasteiger partial charge is 0.481 e. The van der Waals surface area contributed by atoms with E-state index in [2.05, 4.69) is 14.8 Å². The van der Waals surface area contributed by atoms with Crippen LogP contribution in [0.4, 0.5) is 0 Å². The number of aromatic nitrogens is 3. The van der Waals surface area contributed by atoms with Crippen LogP contribution in [0.1, 0.15) is 38.3 Å². The Hall–Kier alpha value is -1.39. The molecule has 0 spiro atoms. The first kappa shape index (κ1) is 11.1. The van der Waals surface area contributed by atoms with Gasteiger partial charge in [0.15, 0.2) is 0 Å². The molecule has 1 N–H and O–H groups in total. The Bertz CT molecular complexity index is 409. The molecule has 0 aromatic carbocycles. The number of hydrogen-bond acceptors (Lipinski definition) is 3. The van der Waals surface area contributed by atoms with Gasteiger partial charge >= 0.3 is 5.97 Å². The predicted octanol–water partition coefficient (Wildman–Crippen LogP) is 1.27. The Morgan fingerprint density at radius 3 is 2.94 bits per heavy atom. The van der Waals surface area contributed by atoms with Crippen LogP contribution in [-0.4, -0.2) is 25.8 Å². The fourth-order valence-corrected chi connectivity index (χ4v) is 2.24. The number of carboxylic acids is 1. The number of rotatable bonds is 4. The zero-order chi connectivity index (χ0) is 11.8. The van der Waals surface area contributed by atoms with Crippen LogP contribution in [0.25, 0.3) is 0 Å². The van der Waals surface area contributed by atoms with E-state index >= 15 is 0 Å². The number of carboxylic acid groups (broad SMARTS) is 1. The highest BCUT2D eigenvalue weighted by Crippen LogP contribution is 2.26. The van der Waals surface area contributed by atoms with E-state index < -0.39 is 5.97 Å². The van der Waals surface area contributed by atoms with Crippen molar-refractivity contribution in [2.75, 3.05) is 0 Å². The van der Waals surface area contributed by atoms with Gasteiger partial charge in [-0.15, -0.1) is 10.2 Å². The average Bonchev–Trinajstić information content (AvgIpc) is 2.66. The van der Waals surface area contributed by atoms with Crippen LogP contribution in [0.3, 0.4) is 0 Å². The highest BCUT2D eigenvalue weighted by atomic mass is 16.4. The lowest BCUT2D eigenvalue weighted by atomic mass is 9.85. The molecule has 0 saturated carbocycles. The van der Waals surface area contributed by atoms with E-state index in [1.807, 2.05) is 13.8 Å². The number of hydrogen-bond donors (Lipinski definition) is 1. The molecule has 5 heteroatoms. The van der Waals surface area contributed by atoms with Gasteiger partial charge in [-0.3, -0.25) is 4.79 Å². The number of aryl methyl sites for hydroxylation is 1. The Labute approximate surface area is 94.5 Å². The molecule has 1 aliphatic heterocycles. The van der Waals surface area contributed by atoms with Crippen LogP contribution in [0.2, 0.25) is 0 Å². The molecule has 0 saturated heterocycles. The summed E-state index contributed by atoms with van der Waals surface area (Å²) in [5.41, 5.74) is -0.266. The molecule has 2 heterocycles. The van der Waals surface area contributed by atoms with Crippen molar-refractivity contribution in [3.8, 4) is 0 Å². The van der Waals surface area contributed by atoms with Gasteiger partial charge in [-0.25, -0.2) is 0 Å². The van der Waals surface area contributed by atoms with Gasteiger partial charge in [0.2, 0.25) is 0 Å². The molecular weight excluding hydrogens is 206 g/mol. The molecule has 88 valence electrons. The van der Waals surface area contributed by atoms with Crippen LogP contribution in [0.5, 0.6) is 0 Å². The van der Waals surface area contributed by atoms with Gasteiger partial charge in [-0.2, -0.15) is 0 Å². The van der Waals surface area contributed by atoms with Gasteiger partial charge in [0, 0.05) is 19.4 Å². The summed E-state index contributed by atoms with van der Waals surface area (Å²) in [6.45, 7) is 4.89. The second kappa shape index (κ2) is 3.88. The monoisotopic (exact) mass is 223 g/mol. The van der Waals surface area contributed by atoms with Crippen LogP contribution in [0, 0.1) is 5.41 Å². The van der Waals surface area contributed by atoms with Crippen LogP contribution < -0.4 is 0 Å². The summed E-state index contributed by atoms with van der Waals surface area (Å²) in [7, 11) is 0. The molecule has 0 atom stereocenters. The summed E-state index contributed by atoms with van der Waals surface area (Å²) in [5, 5.41) is 17.1. The number of aliphatic carboxylic acids is 1. The lowest BCUT2D eigenvalue weighted by molar-refractivity contribution is -0.139. The fraction of sp³-hybridized carbons (Fsp3) is 0.727. The summed E-state index contributed by atoms with van der Waals surface area (Å²) in [6.07, 6.45) is 2.95. The first-order valence-corrected chi connectivity index (χ1v) is 5.61. The molecule has 16 heavy (non-hydrogen) atoms. The van der Waals surface area contributed by atoms with Crippen LogP contribution in [-0.2, 0) is 24.2 Å². The van der Waals surface area contributed by atoms with Crippen LogP contribution >= 0.6 is 0 Å². The van der Waals surface area contributed by atoms with Crippen molar-refractivity contribution in [3.63, 3.8) is 0 Å². The van der Waals surface area contributed by atoms with E-state index in [9.17, 15) is 4.79 Å². The summed E-state index contributed by atoms with van der Waals surface area (Å²) >= 11 is 0. The van der Waals surface area contributed by atoms with Gasteiger partial charge in [0.1, 0.15) is 11.6 Å². The summed E-state index contributed by atoms with van der Waals surface area (Å²) in [4.78, 5) is 10.7. The first-order chi connectivity index (χ1) is 7.48. The summed E-state index contributed by atoms with van der Waals surface area (Å²) < 4.78 is 2.13. The van der Waals surface area contributed by atoms with E-state index in [4.69, 9.17) is 5.11 Å². The zero-order valence-corrected chi connectivity index (χ0v) is 9.73. The van der Waals surface area contributed by atoms with Crippen molar-refractivity contribution in [3.05, 3.63) is 11.6 Å². The lowest BCUT2D eigenvalue weighted by Gasteiger charge is -2.21. The molecule has 1 aromatic rings. The quantitative estimate of drug-likeness (QED) is 0.834. The van der Waals surface area contributed by atoms with Crippen LogP contribution in [0.15, 0.2) is 0 Å². The maximum absolute atomic E-state index is 10.7. The maximum atomic E-state index is 10.7. The van der Waals surface area contributed by atoms with Gasteiger partial charge in [-0.05, 0) is 11.8 Å². The van der Waals surface area contributed by atoms with Crippen molar-refractivity contribution in [2.24, 2.45) is 5.41 Å². The molecule has 0 bridgehead atoms. The van der Waals surface area contributed by atoms with Crippen molar-refractivity contribution in [2.45, 2.75) is 46.1 Å². The molecular formula is C11H17N3O2. The molecule has 0 unspecified atom stereocenters. The Kier molecular flexibility index (Phi) is 2.69. The van der Waals surface area contributed by atoms with E-state index in [0.717, 1.165) is 31.0 Å². The minimum atomic E-state index is -0.758. The summed E-state index contributed by atoms with van der Waals surface area (Å²) in [5.74, 6) is 1.21. The third-order valence-electron chi connectivity index (χ3n) is 2.95. The molecule has 0 aliphatic carbocycles. The van der Waals surface area contributed by atoms with Gasteiger partial charge in [0.25, 0.3) is 0 Å². The first-order valence-electron chi connectivity index (χ1n) is 5.61. The van der Waals surface area contributed by atoms with Gasteiger partial charge in [-0.1, -0.05) is 13.8 Å². The molecule has 5 nitrogen and oxygen atoms in total. The Morgan fingerprint density at radius 2 is 2.25 bits per heavy atom.